The second-order valence-electron chi connectivity index (χ2n) is 3.01. The molecule has 0 fully saturated rings. The van der Waals surface area contributed by atoms with Crippen LogP contribution in [0.25, 0.3) is 0 Å². The van der Waals surface area contributed by atoms with Gasteiger partial charge in [0.2, 0.25) is 5.91 Å². The fourth-order valence-electron chi connectivity index (χ4n) is 0.923. The summed E-state index contributed by atoms with van der Waals surface area (Å²) in [5.41, 5.74) is 5.40. The van der Waals surface area contributed by atoms with Crippen molar-refractivity contribution >= 4 is 5.91 Å². The topological polar surface area (TPSA) is 58.4 Å². The molecular weight excluding hydrogens is 154 g/mol. The number of carbonyl (C=O) groups excluding carboxylic acids is 1. The van der Waals surface area contributed by atoms with Crippen molar-refractivity contribution in [2.45, 2.75) is 19.4 Å². The Kier molecular flexibility index (Phi) is 5.66. The van der Waals surface area contributed by atoms with Crippen LogP contribution in [0.1, 0.15) is 13.3 Å². The summed E-state index contributed by atoms with van der Waals surface area (Å²) in [5, 5.41) is 2.58. The van der Waals surface area contributed by atoms with E-state index in [9.17, 15) is 4.79 Å². The molecule has 0 saturated heterocycles. The van der Waals surface area contributed by atoms with E-state index in [2.05, 4.69) is 12.2 Å². The lowest BCUT2D eigenvalue weighted by molar-refractivity contribution is -0.121. The van der Waals surface area contributed by atoms with Crippen molar-refractivity contribution in [1.82, 2.24) is 10.2 Å². The lowest BCUT2D eigenvalue weighted by atomic mass is 10.2. The third-order valence-electron chi connectivity index (χ3n) is 2.01. The van der Waals surface area contributed by atoms with Gasteiger partial charge >= 0.3 is 0 Å². The van der Waals surface area contributed by atoms with Crippen LogP contribution < -0.4 is 11.1 Å². The Morgan fingerprint density at radius 3 is 2.67 bits per heavy atom. The summed E-state index contributed by atoms with van der Waals surface area (Å²) in [5.74, 6) is 0.0429. The Labute approximate surface area is 74.1 Å². The highest BCUT2D eigenvalue weighted by atomic mass is 16.1. The Bertz CT molecular complexity index is 138. The first kappa shape index (κ1) is 11.4. The van der Waals surface area contributed by atoms with Crippen molar-refractivity contribution < 1.29 is 4.79 Å². The molecule has 0 spiro atoms. The maximum Gasteiger partial charge on any atom is 0.233 e. The first-order valence-corrected chi connectivity index (χ1v) is 4.22. The summed E-state index contributed by atoms with van der Waals surface area (Å²) in [6, 6.07) is 0.368. The average molecular weight is 173 g/mol. The molecule has 0 bridgehead atoms. The van der Waals surface area contributed by atoms with Crippen molar-refractivity contribution in [3.8, 4) is 0 Å². The van der Waals surface area contributed by atoms with Gasteiger partial charge in [-0.05, 0) is 26.9 Å². The number of likely N-dealkylation sites (N-methyl/N-ethyl adjacent to an activating group) is 2. The van der Waals surface area contributed by atoms with Gasteiger partial charge in [0.15, 0.2) is 0 Å². The molecule has 3 N–H and O–H groups in total. The van der Waals surface area contributed by atoms with Gasteiger partial charge in [-0.1, -0.05) is 0 Å². The molecule has 1 atom stereocenters. The van der Waals surface area contributed by atoms with Gasteiger partial charge in [-0.25, -0.2) is 0 Å². The number of amides is 1. The second-order valence-corrected chi connectivity index (χ2v) is 3.01. The van der Waals surface area contributed by atoms with Crippen LogP contribution in [0.15, 0.2) is 0 Å². The monoisotopic (exact) mass is 173 g/mol. The molecule has 72 valence electrons. The standard InChI is InChI=1S/C8H19N3O/c1-7(4-5-9)11(3)6-8(12)10-2/h7H,4-6,9H2,1-3H3,(H,10,12). The maximum atomic E-state index is 10.9. The van der Waals surface area contributed by atoms with Crippen molar-refractivity contribution in [1.29, 1.82) is 0 Å². The van der Waals surface area contributed by atoms with Crippen LogP contribution in [0, 0.1) is 0 Å². The first-order valence-electron chi connectivity index (χ1n) is 4.22. The first-order chi connectivity index (χ1) is 5.61. The zero-order valence-electron chi connectivity index (χ0n) is 8.13. The van der Waals surface area contributed by atoms with Crippen LogP contribution in [0.4, 0.5) is 0 Å². The molecule has 12 heavy (non-hydrogen) atoms. The van der Waals surface area contributed by atoms with Crippen molar-refractivity contribution in [3.63, 3.8) is 0 Å². The van der Waals surface area contributed by atoms with E-state index in [1.807, 2.05) is 11.9 Å². The molecule has 0 aromatic heterocycles. The summed E-state index contributed by atoms with van der Waals surface area (Å²) in [4.78, 5) is 12.9. The van der Waals surface area contributed by atoms with Crippen LogP contribution >= 0.6 is 0 Å². The smallest absolute Gasteiger partial charge is 0.233 e. The number of carbonyl (C=O) groups is 1. The van der Waals surface area contributed by atoms with Crippen LogP contribution in [-0.2, 0) is 4.79 Å². The number of nitrogens with two attached hydrogens (primary N) is 1. The van der Waals surface area contributed by atoms with Gasteiger partial charge in [0, 0.05) is 13.1 Å². The molecule has 4 nitrogen and oxygen atoms in total. The Morgan fingerprint density at radius 1 is 1.67 bits per heavy atom. The normalized spacial score (nSPS) is 13.1. The molecule has 0 aromatic rings. The predicted octanol–water partition coefficient (Wildman–Crippen LogP) is -0.598. The third kappa shape index (κ3) is 4.31. The van der Waals surface area contributed by atoms with Crippen LogP contribution in [0.2, 0.25) is 0 Å². The van der Waals surface area contributed by atoms with Crippen LogP contribution in [-0.4, -0.2) is 44.0 Å². The second kappa shape index (κ2) is 5.97. The summed E-state index contributed by atoms with van der Waals surface area (Å²) < 4.78 is 0. The molecule has 4 heteroatoms. The molecule has 1 amide bonds. The predicted molar refractivity (Wildman–Crippen MR) is 49.8 cm³/mol. The van der Waals surface area contributed by atoms with E-state index in [1.165, 1.54) is 0 Å². The number of nitrogens with one attached hydrogen (secondary N) is 1. The minimum absolute atomic E-state index is 0.0429. The Balaban J connectivity index is 3.69. The largest absolute Gasteiger partial charge is 0.358 e. The molecule has 1 unspecified atom stereocenters. The van der Waals surface area contributed by atoms with Gasteiger partial charge in [-0.3, -0.25) is 9.69 Å². The highest BCUT2D eigenvalue weighted by Crippen LogP contribution is 1.98. The SMILES string of the molecule is CNC(=O)CN(C)C(C)CCN. The van der Waals surface area contributed by atoms with Gasteiger partial charge in [-0.2, -0.15) is 0 Å². The van der Waals surface area contributed by atoms with Gasteiger partial charge in [0.05, 0.1) is 6.54 Å². The van der Waals surface area contributed by atoms with Crippen molar-refractivity contribution in [2.75, 3.05) is 27.2 Å². The Hall–Kier alpha value is -0.610. The zero-order valence-corrected chi connectivity index (χ0v) is 8.13. The molecule has 0 rings (SSSR count). The minimum atomic E-state index is 0.0429. The number of nitrogens with zero attached hydrogens (tertiary/aromatic N) is 1. The Morgan fingerprint density at radius 2 is 2.25 bits per heavy atom. The van der Waals surface area contributed by atoms with Gasteiger partial charge in [-0.15, -0.1) is 0 Å². The molecule has 0 saturated carbocycles. The summed E-state index contributed by atoms with van der Waals surface area (Å²) in [6.45, 7) is 3.17. The lowest BCUT2D eigenvalue weighted by Crippen LogP contribution is -2.39. The van der Waals surface area contributed by atoms with E-state index in [0.29, 0.717) is 19.1 Å². The molecule has 0 heterocycles. The molecule has 0 aliphatic rings. The molecule has 0 aliphatic heterocycles. The summed E-state index contributed by atoms with van der Waals surface area (Å²) in [6.07, 6.45) is 0.924. The van der Waals surface area contributed by atoms with Crippen LogP contribution in [0.5, 0.6) is 0 Å². The quantitative estimate of drug-likeness (QED) is 0.584. The van der Waals surface area contributed by atoms with E-state index >= 15 is 0 Å². The lowest BCUT2D eigenvalue weighted by Gasteiger charge is -2.22. The molecule has 0 aromatic carbocycles. The van der Waals surface area contributed by atoms with Gasteiger partial charge in [0.25, 0.3) is 0 Å². The van der Waals surface area contributed by atoms with Crippen molar-refractivity contribution in [3.05, 3.63) is 0 Å². The van der Waals surface area contributed by atoms with E-state index in [1.54, 1.807) is 7.05 Å². The highest BCUT2D eigenvalue weighted by molar-refractivity contribution is 5.77. The van der Waals surface area contributed by atoms with E-state index in [-0.39, 0.29) is 5.91 Å². The summed E-state index contributed by atoms with van der Waals surface area (Å²) in [7, 11) is 3.57. The fourth-order valence-corrected chi connectivity index (χ4v) is 0.923. The number of hydrogen-bond acceptors (Lipinski definition) is 3. The molecule has 0 aliphatic carbocycles. The van der Waals surface area contributed by atoms with E-state index in [0.717, 1.165) is 6.42 Å². The van der Waals surface area contributed by atoms with E-state index < -0.39 is 0 Å². The average Bonchev–Trinajstić information content (AvgIpc) is 2.04. The van der Waals surface area contributed by atoms with Crippen molar-refractivity contribution in [2.24, 2.45) is 5.73 Å². The number of rotatable bonds is 5. The molecular formula is C8H19N3O. The summed E-state index contributed by atoms with van der Waals surface area (Å²) >= 11 is 0. The van der Waals surface area contributed by atoms with Gasteiger partial charge in [0.1, 0.15) is 0 Å². The van der Waals surface area contributed by atoms with Gasteiger partial charge < -0.3 is 11.1 Å². The highest BCUT2D eigenvalue weighted by Gasteiger charge is 2.10. The third-order valence-corrected chi connectivity index (χ3v) is 2.01. The van der Waals surface area contributed by atoms with E-state index in [4.69, 9.17) is 5.73 Å². The maximum absolute atomic E-state index is 10.9. The minimum Gasteiger partial charge on any atom is -0.358 e. The number of hydrogen-bond donors (Lipinski definition) is 2. The zero-order chi connectivity index (χ0) is 9.56. The fraction of sp³-hybridized carbons (Fsp3) is 0.875. The van der Waals surface area contributed by atoms with Crippen LogP contribution in [0.3, 0.4) is 0 Å². The molecule has 0 radical (unpaired) electrons.